The van der Waals surface area contributed by atoms with Crippen molar-refractivity contribution in [2.24, 2.45) is 0 Å². The summed E-state index contributed by atoms with van der Waals surface area (Å²) < 4.78 is 27.4. The van der Waals surface area contributed by atoms with E-state index in [2.05, 4.69) is 14.7 Å². The molecule has 0 aliphatic heterocycles. The number of fused-ring (bicyclic) bond motifs is 1. The molecular weight excluding hydrogens is 326 g/mol. The molecule has 8 heteroatoms. The Bertz CT molecular complexity index is 1020. The average Bonchev–Trinajstić information content (AvgIpc) is 2.82. The standard InChI is InChI=1S/C14H12ClN3O3S/c1-8-10(15)3-2-4-11(8)18-22(20,21)9-5-6-12-13(7-9)17-14(19)16-12/h2-7,18H,1H3,(H2,16,17,19). The lowest BCUT2D eigenvalue weighted by Gasteiger charge is -2.11. The number of anilines is 1. The van der Waals surface area contributed by atoms with Crippen molar-refractivity contribution in [1.82, 2.24) is 9.97 Å². The molecule has 0 aliphatic carbocycles. The fraction of sp³-hybridized carbons (Fsp3) is 0.0714. The lowest BCUT2D eigenvalue weighted by molar-refractivity contribution is 0.601. The summed E-state index contributed by atoms with van der Waals surface area (Å²) in [7, 11) is -3.78. The first kappa shape index (κ1) is 14.7. The highest BCUT2D eigenvalue weighted by molar-refractivity contribution is 7.92. The van der Waals surface area contributed by atoms with Crippen LogP contribution in [0.4, 0.5) is 5.69 Å². The predicted molar refractivity (Wildman–Crippen MR) is 85.9 cm³/mol. The van der Waals surface area contributed by atoms with Gasteiger partial charge in [0, 0.05) is 5.02 Å². The van der Waals surface area contributed by atoms with E-state index in [1.807, 2.05) is 0 Å². The van der Waals surface area contributed by atoms with Crippen LogP contribution in [0, 0.1) is 6.92 Å². The lowest BCUT2D eigenvalue weighted by atomic mass is 10.2. The van der Waals surface area contributed by atoms with Gasteiger partial charge in [-0.15, -0.1) is 0 Å². The first-order chi connectivity index (χ1) is 10.4. The second kappa shape index (κ2) is 5.19. The summed E-state index contributed by atoms with van der Waals surface area (Å²) >= 11 is 5.99. The number of imidazole rings is 1. The molecule has 0 saturated carbocycles. The Morgan fingerprint density at radius 3 is 2.59 bits per heavy atom. The first-order valence-corrected chi connectivity index (χ1v) is 8.23. The fourth-order valence-electron chi connectivity index (χ4n) is 2.10. The summed E-state index contributed by atoms with van der Waals surface area (Å²) in [6.45, 7) is 1.73. The van der Waals surface area contributed by atoms with Gasteiger partial charge in [0.2, 0.25) is 0 Å². The van der Waals surface area contributed by atoms with E-state index in [4.69, 9.17) is 11.6 Å². The van der Waals surface area contributed by atoms with Gasteiger partial charge < -0.3 is 9.97 Å². The van der Waals surface area contributed by atoms with E-state index >= 15 is 0 Å². The van der Waals surface area contributed by atoms with Crippen LogP contribution in [0.3, 0.4) is 0 Å². The minimum atomic E-state index is -3.78. The molecule has 0 amide bonds. The van der Waals surface area contributed by atoms with E-state index in [0.29, 0.717) is 27.3 Å². The van der Waals surface area contributed by atoms with Gasteiger partial charge in [-0.25, -0.2) is 13.2 Å². The van der Waals surface area contributed by atoms with E-state index < -0.39 is 10.0 Å². The van der Waals surface area contributed by atoms with Crippen LogP contribution in [0.5, 0.6) is 0 Å². The summed E-state index contributed by atoms with van der Waals surface area (Å²) in [6.07, 6.45) is 0. The highest BCUT2D eigenvalue weighted by Gasteiger charge is 2.17. The predicted octanol–water partition coefficient (Wildman–Crippen LogP) is 2.62. The zero-order chi connectivity index (χ0) is 15.9. The van der Waals surface area contributed by atoms with Crippen molar-refractivity contribution in [3.05, 3.63) is 57.5 Å². The van der Waals surface area contributed by atoms with Crippen LogP contribution in [-0.2, 0) is 10.0 Å². The van der Waals surface area contributed by atoms with Crippen molar-refractivity contribution in [3.63, 3.8) is 0 Å². The van der Waals surface area contributed by atoms with Crippen LogP contribution in [0.1, 0.15) is 5.56 Å². The molecule has 0 bridgehead atoms. The third kappa shape index (κ3) is 2.60. The molecule has 3 rings (SSSR count). The average molecular weight is 338 g/mol. The van der Waals surface area contributed by atoms with Crippen LogP contribution in [0.2, 0.25) is 5.02 Å². The summed E-state index contributed by atoms with van der Waals surface area (Å²) in [4.78, 5) is 16.4. The van der Waals surface area contributed by atoms with Crippen molar-refractivity contribution in [3.8, 4) is 0 Å². The van der Waals surface area contributed by atoms with Gasteiger partial charge in [0.05, 0.1) is 21.6 Å². The number of aromatic amines is 2. The van der Waals surface area contributed by atoms with Gasteiger partial charge in [-0.2, -0.15) is 0 Å². The van der Waals surface area contributed by atoms with Crippen LogP contribution in [-0.4, -0.2) is 18.4 Å². The Morgan fingerprint density at radius 1 is 1.09 bits per heavy atom. The van der Waals surface area contributed by atoms with Gasteiger partial charge in [-0.05, 0) is 42.8 Å². The van der Waals surface area contributed by atoms with Crippen molar-refractivity contribution < 1.29 is 8.42 Å². The number of hydrogen-bond donors (Lipinski definition) is 3. The van der Waals surface area contributed by atoms with Gasteiger partial charge >= 0.3 is 5.69 Å². The van der Waals surface area contributed by atoms with E-state index in [1.54, 1.807) is 25.1 Å². The zero-order valence-electron chi connectivity index (χ0n) is 11.5. The van der Waals surface area contributed by atoms with E-state index in [9.17, 15) is 13.2 Å². The monoisotopic (exact) mass is 337 g/mol. The maximum Gasteiger partial charge on any atom is 0.323 e. The molecule has 1 heterocycles. The molecule has 0 atom stereocenters. The normalized spacial score (nSPS) is 11.7. The second-order valence-corrected chi connectivity index (χ2v) is 6.89. The number of nitrogens with one attached hydrogen (secondary N) is 3. The molecule has 114 valence electrons. The highest BCUT2D eigenvalue weighted by atomic mass is 35.5. The highest BCUT2D eigenvalue weighted by Crippen LogP contribution is 2.26. The molecule has 0 saturated heterocycles. The number of sulfonamides is 1. The smallest absolute Gasteiger partial charge is 0.306 e. The minimum Gasteiger partial charge on any atom is -0.306 e. The van der Waals surface area contributed by atoms with Crippen LogP contribution in [0.15, 0.2) is 46.1 Å². The largest absolute Gasteiger partial charge is 0.323 e. The zero-order valence-corrected chi connectivity index (χ0v) is 13.0. The second-order valence-electron chi connectivity index (χ2n) is 4.80. The van der Waals surface area contributed by atoms with Gasteiger partial charge in [-0.3, -0.25) is 4.72 Å². The number of H-pyrrole nitrogens is 2. The molecule has 0 fully saturated rings. The molecule has 2 aromatic carbocycles. The van der Waals surface area contributed by atoms with E-state index in [1.165, 1.54) is 18.2 Å². The van der Waals surface area contributed by atoms with Crippen molar-refractivity contribution in [2.45, 2.75) is 11.8 Å². The van der Waals surface area contributed by atoms with Crippen LogP contribution < -0.4 is 10.4 Å². The Hall–Kier alpha value is -2.25. The Labute approximate surface area is 131 Å². The molecule has 1 aromatic heterocycles. The minimum absolute atomic E-state index is 0.0506. The Balaban J connectivity index is 2.04. The number of rotatable bonds is 3. The summed E-state index contributed by atoms with van der Waals surface area (Å²) in [6, 6.07) is 9.34. The van der Waals surface area contributed by atoms with E-state index in [-0.39, 0.29) is 10.6 Å². The van der Waals surface area contributed by atoms with Crippen molar-refractivity contribution in [1.29, 1.82) is 0 Å². The SMILES string of the molecule is Cc1c(Cl)cccc1NS(=O)(=O)c1ccc2[nH]c(=O)[nH]c2c1. The Kier molecular flexibility index (Phi) is 3.46. The molecule has 22 heavy (non-hydrogen) atoms. The summed E-state index contributed by atoms with van der Waals surface area (Å²) in [5.74, 6) is 0. The number of aromatic nitrogens is 2. The van der Waals surface area contributed by atoms with Gasteiger partial charge in [0.15, 0.2) is 0 Å². The van der Waals surface area contributed by atoms with Crippen LogP contribution >= 0.6 is 11.6 Å². The molecule has 3 N–H and O–H groups in total. The molecule has 0 radical (unpaired) electrons. The summed E-state index contributed by atoms with van der Waals surface area (Å²) in [5.41, 5.74) is 1.64. The molecule has 0 unspecified atom stereocenters. The number of benzene rings is 2. The summed E-state index contributed by atoms with van der Waals surface area (Å²) in [5, 5.41) is 0.477. The first-order valence-electron chi connectivity index (χ1n) is 6.37. The molecular formula is C14H12ClN3O3S. The van der Waals surface area contributed by atoms with E-state index in [0.717, 1.165) is 0 Å². The third-order valence-corrected chi connectivity index (χ3v) is 5.08. The maximum atomic E-state index is 12.5. The fourth-order valence-corrected chi connectivity index (χ4v) is 3.42. The van der Waals surface area contributed by atoms with Crippen molar-refractivity contribution in [2.75, 3.05) is 4.72 Å². The molecule has 0 spiro atoms. The molecule has 3 aromatic rings. The Morgan fingerprint density at radius 2 is 1.82 bits per heavy atom. The topological polar surface area (TPSA) is 94.8 Å². The van der Waals surface area contributed by atoms with Gasteiger partial charge in [0.25, 0.3) is 10.0 Å². The number of halogens is 1. The van der Waals surface area contributed by atoms with Gasteiger partial charge in [0.1, 0.15) is 0 Å². The van der Waals surface area contributed by atoms with Gasteiger partial charge in [-0.1, -0.05) is 17.7 Å². The molecule has 6 nitrogen and oxygen atoms in total. The lowest BCUT2D eigenvalue weighted by Crippen LogP contribution is -2.13. The maximum absolute atomic E-state index is 12.5. The van der Waals surface area contributed by atoms with Crippen molar-refractivity contribution >= 4 is 38.3 Å². The quantitative estimate of drug-likeness (QED) is 0.685. The number of hydrogen-bond acceptors (Lipinski definition) is 3. The molecule has 0 aliphatic rings. The van der Waals surface area contributed by atoms with Crippen LogP contribution in [0.25, 0.3) is 11.0 Å². The third-order valence-electron chi connectivity index (χ3n) is 3.31.